The summed E-state index contributed by atoms with van der Waals surface area (Å²) in [5.74, 6) is 0.322. The Morgan fingerprint density at radius 2 is 2.08 bits per heavy atom. The number of hydrogen-bond acceptors (Lipinski definition) is 6. The molecule has 3 rings (SSSR count). The lowest BCUT2D eigenvalue weighted by molar-refractivity contribution is 0.0357. The predicted molar refractivity (Wildman–Crippen MR) is 94.7 cm³/mol. The second kappa shape index (κ2) is 7.48. The third-order valence-corrected chi connectivity index (χ3v) is 4.36. The van der Waals surface area contributed by atoms with Gasteiger partial charge in [-0.2, -0.15) is 0 Å². The Labute approximate surface area is 150 Å². The van der Waals surface area contributed by atoms with Gasteiger partial charge < -0.3 is 14.0 Å². The largest absolute Gasteiger partial charge is 0.487 e. The van der Waals surface area contributed by atoms with E-state index in [0.717, 1.165) is 5.69 Å². The van der Waals surface area contributed by atoms with E-state index in [9.17, 15) is 4.79 Å². The number of imidazole rings is 1. The molecular weight excluding hydrogens is 338 g/mol. The third-order valence-electron chi connectivity index (χ3n) is 3.72. The number of ether oxygens (including phenoxy) is 2. The first-order chi connectivity index (χ1) is 12.0. The Kier molecular flexibility index (Phi) is 5.14. The summed E-state index contributed by atoms with van der Waals surface area (Å²) in [6.45, 7) is 4.63. The highest BCUT2D eigenvalue weighted by Crippen LogP contribution is 2.18. The van der Waals surface area contributed by atoms with Crippen LogP contribution in [-0.4, -0.2) is 27.1 Å². The van der Waals surface area contributed by atoms with E-state index in [1.807, 2.05) is 30.0 Å². The van der Waals surface area contributed by atoms with Gasteiger partial charge in [0.2, 0.25) is 0 Å². The number of hydrogen-bond donors (Lipinski definition) is 0. The molecule has 0 saturated carbocycles. The smallest absolute Gasteiger partial charge is 0.338 e. The lowest BCUT2D eigenvalue weighted by atomic mass is 10.1. The SMILES string of the molecule is CC(C)(COC(=O)c1ccc(OCc2cscn2)cc1)n1ccnc1. The molecule has 0 aliphatic heterocycles. The van der Waals surface area contributed by atoms with Gasteiger partial charge in [0, 0.05) is 17.8 Å². The van der Waals surface area contributed by atoms with Crippen molar-refractivity contribution in [1.29, 1.82) is 0 Å². The molecule has 7 heteroatoms. The van der Waals surface area contributed by atoms with Crippen molar-refractivity contribution < 1.29 is 14.3 Å². The average molecular weight is 357 g/mol. The van der Waals surface area contributed by atoms with Crippen LogP contribution in [0.1, 0.15) is 29.9 Å². The van der Waals surface area contributed by atoms with Crippen molar-refractivity contribution in [3.63, 3.8) is 0 Å². The molecule has 0 radical (unpaired) electrons. The normalized spacial score (nSPS) is 11.3. The molecule has 0 N–H and O–H groups in total. The first-order valence-corrected chi connectivity index (χ1v) is 8.74. The number of rotatable bonds is 7. The number of thiazole rings is 1. The van der Waals surface area contributed by atoms with Gasteiger partial charge in [-0.05, 0) is 38.1 Å². The summed E-state index contributed by atoms with van der Waals surface area (Å²) >= 11 is 1.53. The first kappa shape index (κ1) is 17.2. The van der Waals surface area contributed by atoms with Gasteiger partial charge in [-0.1, -0.05) is 0 Å². The molecule has 0 amide bonds. The van der Waals surface area contributed by atoms with Gasteiger partial charge in [-0.25, -0.2) is 14.8 Å². The number of carbonyl (C=O) groups excluding carboxylic acids is 1. The first-order valence-electron chi connectivity index (χ1n) is 7.80. The summed E-state index contributed by atoms with van der Waals surface area (Å²) in [6, 6.07) is 6.90. The number of aromatic nitrogens is 3. The van der Waals surface area contributed by atoms with Crippen LogP contribution < -0.4 is 4.74 Å². The molecule has 1 aromatic carbocycles. The molecule has 6 nitrogen and oxygen atoms in total. The standard InChI is InChI=1S/C18H19N3O3S/c1-18(2,21-8-7-19-12-21)11-24-17(22)14-3-5-16(6-4-14)23-9-15-10-25-13-20-15/h3-8,10,12-13H,9,11H2,1-2H3. The number of carbonyl (C=O) groups is 1. The molecule has 0 saturated heterocycles. The zero-order chi connectivity index (χ0) is 17.7. The molecule has 0 fully saturated rings. The molecule has 0 aliphatic carbocycles. The minimum absolute atomic E-state index is 0.254. The van der Waals surface area contributed by atoms with Gasteiger partial charge in [0.05, 0.1) is 28.6 Å². The van der Waals surface area contributed by atoms with Crippen LogP contribution in [0.25, 0.3) is 0 Å². The van der Waals surface area contributed by atoms with E-state index in [-0.39, 0.29) is 18.1 Å². The van der Waals surface area contributed by atoms with Gasteiger partial charge in [0.25, 0.3) is 0 Å². The maximum atomic E-state index is 12.2. The van der Waals surface area contributed by atoms with Gasteiger partial charge in [-0.3, -0.25) is 0 Å². The van der Waals surface area contributed by atoms with Crippen LogP contribution in [0.2, 0.25) is 0 Å². The van der Waals surface area contributed by atoms with E-state index in [1.165, 1.54) is 11.3 Å². The second-order valence-corrected chi connectivity index (χ2v) is 6.87. The van der Waals surface area contributed by atoms with E-state index < -0.39 is 0 Å². The molecule has 0 aliphatic rings. The Morgan fingerprint density at radius 1 is 1.28 bits per heavy atom. The quantitative estimate of drug-likeness (QED) is 0.605. The molecule has 0 unspecified atom stereocenters. The van der Waals surface area contributed by atoms with Gasteiger partial charge in [0.1, 0.15) is 19.0 Å². The van der Waals surface area contributed by atoms with E-state index in [0.29, 0.717) is 17.9 Å². The van der Waals surface area contributed by atoms with Crippen LogP contribution in [-0.2, 0) is 16.9 Å². The summed E-state index contributed by atoms with van der Waals surface area (Å²) in [5, 5.41) is 1.94. The van der Waals surface area contributed by atoms with E-state index >= 15 is 0 Å². The van der Waals surface area contributed by atoms with Crippen molar-refractivity contribution in [3.8, 4) is 5.75 Å². The summed E-state index contributed by atoms with van der Waals surface area (Å²) in [6.07, 6.45) is 5.26. The Hall–Kier alpha value is -2.67. The highest BCUT2D eigenvalue weighted by molar-refractivity contribution is 7.07. The molecular formula is C18H19N3O3S. The zero-order valence-electron chi connectivity index (χ0n) is 14.1. The maximum absolute atomic E-state index is 12.2. The van der Waals surface area contributed by atoms with Crippen molar-refractivity contribution in [2.24, 2.45) is 0 Å². The van der Waals surface area contributed by atoms with Crippen LogP contribution in [0.3, 0.4) is 0 Å². The monoisotopic (exact) mass is 357 g/mol. The summed E-state index contributed by atoms with van der Waals surface area (Å²) < 4.78 is 13.0. The second-order valence-electron chi connectivity index (χ2n) is 6.15. The molecule has 0 bridgehead atoms. The molecule has 25 heavy (non-hydrogen) atoms. The van der Waals surface area contributed by atoms with Crippen molar-refractivity contribution in [2.45, 2.75) is 26.0 Å². The van der Waals surface area contributed by atoms with Crippen LogP contribution in [0.15, 0.2) is 53.9 Å². The van der Waals surface area contributed by atoms with Crippen LogP contribution >= 0.6 is 11.3 Å². The minimum Gasteiger partial charge on any atom is -0.487 e. The van der Waals surface area contributed by atoms with Crippen molar-refractivity contribution in [1.82, 2.24) is 14.5 Å². The fourth-order valence-electron chi connectivity index (χ4n) is 2.17. The number of benzene rings is 1. The summed E-state index contributed by atoms with van der Waals surface area (Å²) in [7, 11) is 0. The molecule has 3 aromatic rings. The van der Waals surface area contributed by atoms with Gasteiger partial charge in [-0.15, -0.1) is 11.3 Å². The lowest BCUT2D eigenvalue weighted by Crippen LogP contribution is -2.32. The zero-order valence-corrected chi connectivity index (χ0v) is 14.9. The number of esters is 1. The fourth-order valence-corrected chi connectivity index (χ4v) is 2.71. The molecule has 2 aromatic heterocycles. The van der Waals surface area contributed by atoms with E-state index in [4.69, 9.17) is 9.47 Å². The maximum Gasteiger partial charge on any atom is 0.338 e. The Bertz CT molecular complexity index is 797. The average Bonchev–Trinajstić information content (AvgIpc) is 3.32. The van der Waals surface area contributed by atoms with Crippen molar-refractivity contribution >= 4 is 17.3 Å². The highest BCUT2D eigenvalue weighted by Gasteiger charge is 2.22. The Morgan fingerprint density at radius 3 is 2.72 bits per heavy atom. The minimum atomic E-state index is -0.362. The molecule has 2 heterocycles. The summed E-state index contributed by atoms with van der Waals surface area (Å²) in [5.41, 5.74) is 2.78. The number of nitrogens with zero attached hydrogens (tertiary/aromatic N) is 3. The Balaban J connectivity index is 1.53. The van der Waals surface area contributed by atoms with Gasteiger partial charge >= 0.3 is 5.97 Å². The van der Waals surface area contributed by atoms with Crippen LogP contribution in [0.4, 0.5) is 0 Å². The molecule has 0 spiro atoms. The van der Waals surface area contributed by atoms with E-state index in [2.05, 4.69) is 9.97 Å². The van der Waals surface area contributed by atoms with Crippen molar-refractivity contribution in [3.05, 3.63) is 65.1 Å². The van der Waals surface area contributed by atoms with E-state index in [1.54, 1.807) is 42.3 Å². The van der Waals surface area contributed by atoms with Crippen LogP contribution in [0.5, 0.6) is 5.75 Å². The lowest BCUT2D eigenvalue weighted by Gasteiger charge is -2.25. The highest BCUT2D eigenvalue weighted by atomic mass is 32.1. The van der Waals surface area contributed by atoms with Crippen LogP contribution in [0, 0.1) is 0 Å². The van der Waals surface area contributed by atoms with Crippen molar-refractivity contribution in [2.75, 3.05) is 6.61 Å². The van der Waals surface area contributed by atoms with Gasteiger partial charge in [0.15, 0.2) is 0 Å². The topological polar surface area (TPSA) is 66.2 Å². The summed E-state index contributed by atoms with van der Waals surface area (Å²) in [4.78, 5) is 20.4. The predicted octanol–water partition coefficient (Wildman–Crippen LogP) is 3.51. The fraction of sp³-hybridized carbons (Fsp3) is 0.278. The third kappa shape index (κ3) is 4.45. The molecule has 130 valence electrons. The molecule has 0 atom stereocenters.